The van der Waals surface area contributed by atoms with Gasteiger partial charge >= 0.3 is 12.0 Å². The Kier molecular flexibility index (Phi) is 7.36. The number of hydrogen-bond acceptors (Lipinski definition) is 3. The number of carbonyl (C=O) groups is 2. The molecule has 0 radical (unpaired) electrons. The number of aliphatic carboxylic acids is 1. The topological polar surface area (TPSA) is 72.9 Å². The molecule has 2 N–H and O–H groups in total. The van der Waals surface area contributed by atoms with E-state index >= 15 is 0 Å². The second kappa shape index (κ2) is 8.79. The van der Waals surface area contributed by atoms with Crippen molar-refractivity contribution in [1.82, 2.24) is 15.1 Å². The van der Waals surface area contributed by atoms with Crippen molar-refractivity contribution in [3.05, 3.63) is 0 Å². The van der Waals surface area contributed by atoms with Gasteiger partial charge in [-0.25, -0.2) is 4.79 Å². The lowest BCUT2D eigenvalue weighted by Gasteiger charge is -2.19. The first-order valence-electron chi connectivity index (χ1n) is 7.53. The van der Waals surface area contributed by atoms with Crippen LogP contribution in [0.5, 0.6) is 0 Å². The molecule has 0 saturated carbocycles. The SMILES string of the molecule is CCN(CC)CCCNC(=O)N1CCC(CC(=O)O)C1. The van der Waals surface area contributed by atoms with E-state index in [4.69, 9.17) is 5.11 Å². The molecule has 1 aliphatic rings. The molecule has 6 heteroatoms. The fourth-order valence-corrected chi connectivity index (χ4v) is 2.58. The lowest BCUT2D eigenvalue weighted by molar-refractivity contribution is -0.138. The smallest absolute Gasteiger partial charge is 0.317 e. The van der Waals surface area contributed by atoms with Crippen LogP contribution < -0.4 is 5.32 Å². The Balaban J connectivity index is 2.16. The fourth-order valence-electron chi connectivity index (χ4n) is 2.58. The molecule has 1 saturated heterocycles. The van der Waals surface area contributed by atoms with E-state index in [0.29, 0.717) is 19.6 Å². The Morgan fingerprint density at radius 1 is 1.35 bits per heavy atom. The first-order valence-corrected chi connectivity index (χ1v) is 7.53. The molecule has 20 heavy (non-hydrogen) atoms. The van der Waals surface area contributed by atoms with Crippen molar-refractivity contribution in [3.63, 3.8) is 0 Å². The van der Waals surface area contributed by atoms with Gasteiger partial charge in [0.2, 0.25) is 0 Å². The van der Waals surface area contributed by atoms with Gasteiger partial charge in [-0.1, -0.05) is 13.8 Å². The largest absolute Gasteiger partial charge is 0.481 e. The number of amides is 2. The lowest BCUT2D eigenvalue weighted by Crippen LogP contribution is -2.39. The van der Waals surface area contributed by atoms with Crippen molar-refractivity contribution in [1.29, 1.82) is 0 Å². The van der Waals surface area contributed by atoms with Crippen molar-refractivity contribution in [2.24, 2.45) is 5.92 Å². The molecular formula is C14H27N3O3. The first kappa shape index (κ1) is 16.8. The van der Waals surface area contributed by atoms with Crippen LogP contribution in [0.4, 0.5) is 4.79 Å². The zero-order chi connectivity index (χ0) is 15.0. The number of hydrogen-bond donors (Lipinski definition) is 2. The molecule has 0 aromatic rings. The van der Waals surface area contributed by atoms with E-state index in [-0.39, 0.29) is 18.4 Å². The van der Waals surface area contributed by atoms with Gasteiger partial charge in [-0.2, -0.15) is 0 Å². The van der Waals surface area contributed by atoms with Crippen molar-refractivity contribution in [2.75, 3.05) is 39.3 Å². The van der Waals surface area contributed by atoms with Crippen molar-refractivity contribution >= 4 is 12.0 Å². The molecule has 1 heterocycles. The van der Waals surface area contributed by atoms with Gasteiger partial charge in [-0.3, -0.25) is 4.79 Å². The summed E-state index contributed by atoms with van der Waals surface area (Å²) in [6.07, 6.45) is 1.89. The standard InChI is InChI=1S/C14H27N3O3/c1-3-16(4-2)8-5-7-15-14(20)17-9-6-12(11-17)10-13(18)19/h12H,3-11H2,1-2H3,(H,15,20)(H,18,19). The summed E-state index contributed by atoms with van der Waals surface area (Å²) in [5, 5.41) is 11.7. The zero-order valence-electron chi connectivity index (χ0n) is 12.6. The maximum Gasteiger partial charge on any atom is 0.317 e. The number of carboxylic acid groups (broad SMARTS) is 1. The highest BCUT2D eigenvalue weighted by Gasteiger charge is 2.27. The van der Waals surface area contributed by atoms with E-state index in [1.54, 1.807) is 4.90 Å². The lowest BCUT2D eigenvalue weighted by atomic mass is 10.1. The third-order valence-electron chi connectivity index (χ3n) is 3.86. The number of carboxylic acids is 1. The summed E-state index contributed by atoms with van der Waals surface area (Å²) >= 11 is 0. The summed E-state index contributed by atoms with van der Waals surface area (Å²) in [4.78, 5) is 26.6. The maximum absolute atomic E-state index is 11.9. The summed E-state index contributed by atoms with van der Waals surface area (Å²) in [7, 11) is 0. The van der Waals surface area contributed by atoms with Crippen LogP contribution in [0.25, 0.3) is 0 Å². The van der Waals surface area contributed by atoms with Crippen LogP contribution in [0.2, 0.25) is 0 Å². The molecule has 1 aliphatic heterocycles. The van der Waals surface area contributed by atoms with Crippen LogP contribution in [0, 0.1) is 5.92 Å². The van der Waals surface area contributed by atoms with Gasteiger partial charge in [0.05, 0.1) is 0 Å². The summed E-state index contributed by atoms with van der Waals surface area (Å²) in [6.45, 7) is 9.24. The number of nitrogens with one attached hydrogen (secondary N) is 1. The second-order valence-electron chi connectivity index (χ2n) is 5.31. The number of nitrogens with zero attached hydrogens (tertiary/aromatic N) is 2. The average Bonchev–Trinajstić information content (AvgIpc) is 2.86. The van der Waals surface area contributed by atoms with Gasteiger partial charge in [0.15, 0.2) is 0 Å². The summed E-state index contributed by atoms with van der Waals surface area (Å²) in [5.74, 6) is -0.676. The average molecular weight is 285 g/mol. The number of rotatable bonds is 8. The Labute approximate surface area is 121 Å². The molecule has 0 spiro atoms. The van der Waals surface area contributed by atoms with Crippen LogP contribution in [0.3, 0.4) is 0 Å². The van der Waals surface area contributed by atoms with Gasteiger partial charge in [-0.05, 0) is 38.4 Å². The Morgan fingerprint density at radius 3 is 2.65 bits per heavy atom. The molecule has 6 nitrogen and oxygen atoms in total. The molecule has 1 unspecified atom stereocenters. The summed E-state index contributed by atoms with van der Waals surface area (Å²) in [5.41, 5.74) is 0. The van der Waals surface area contributed by atoms with Crippen molar-refractivity contribution in [3.8, 4) is 0 Å². The third-order valence-corrected chi connectivity index (χ3v) is 3.86. The number of likely N-dealkylation sites (tertiary alicyclic amines) is 1. The quantitative estimate of drug-likeness (QED) is 0.658. The van der Waals surface area contributed by atoms with Crippen molar-refractivity contribution in [2.45, 2.75) is 33.1 Å². The minimum Gasteiger partial charge on any atom is -0.481 e. The Bertz CT molecular complexity index is 319. The minimum atomic E-state index is -0.781. The molecule has 1 fully saturated rings. The highest BCUT2D eigenvalue weighted by Crippen LogP contribution is 2.19. The van der Waals surface area contributed by atoms with Gasteiger partial charge in [0.25, 0.3) is 0 Å². The fraction of sp³-hybridized carbons (Fsp3) is 0.857. The molecular weight excluding hydrogens is 258 g/mol. The normalized spacial score (nSPS) is 18.6. The Hall–Kier alpha value is -1.30. The second-order valence-corrected chi connectivity index (χ2v) is 5.31. The van der Waals surface area contributed by atoms with E-state index in [0.717, 1.165) is 32.5 Å². The van der Waals surface area contributed by atoms with Crippen molar-refractivity contribution < 1.29 is 14.7 Å². The van der Waals surface area contributed by atoms with E-state index < -0.39 is 5.97 Å². The third kappa shape index (κ3) is 5.77. The minimum absolute atomic E-state index is 0.0579. The summed E-state index contributed by atoms with van der Waals surface area (Å²) < 4.78 is 0. The van der Waals surface area contributed by atoms with Crippen LogP contribution in [-0.2, 0) is 4.79 Å². The monoisotopic (exact) mass is 285 g/mol. The number of carbonyl (C=O) groups excluding carboxylic acids is 1. The highest BCUT2D eigenvalue weighted by molar-refractivity contribution is 5.74. The Morgan fingerprint density at radius 2 is 2.05 bits per heavy atom. The molecule has 2 amide bonds. The van der Waals surface area contributed by atoms with Crippen LogP contribution in [-0.4, -0.2) is 66.2 Å². The molecule has 0 aliphatic carbocycles. The molecule has 1 rings (SSSR count). The number of urea groups is 1. The van der Waals surface area contributed by atoms with E-state index in [9.17, 15) is 9.59 Å². The molecule has 0 aromatic heterocycles. The molecule has 1 atom stereocenters. The van der Waals surface area contributed by atoms with Gasteiger partial charge < -0.3 is 20.2 Å². The molecule has 116 valence electrons. The van der Waals surface area contributed by atoms with Crippen LogP contribution in [0.15, 0.2) is 0 Å². The van der Waals surface area contributed by atoms with Crippen LogP contribution >= 0.6 is 0 Å². The zero-order valence-corrected chi connectivity index (χ0v) is 12.6. The van der Waals surface area contributed by atoms with E-state index in [2.05, 4.69) is 24.1 Å². The summed E-state index contributed by atoms with van der Waals surface area (Å²) in [6, 6.07) is -0.0579. The maximum atomic E-state index is 11.9. The molecule has 0 bridgehead atoms. The highest BCUT2D eigenvalue weighted by atomic mass is 16.4. The predicted octanol–water partition coefficient (Wildman–Crippen LogP) is 1.22. The van der Waals surface area contributed by atoms with Gasteiger partial charge in [0, 0.05) is 26.1 Å². The van der Waals surface area contributed by atoms with E-state index in [1.807, 2.05) is 0 Å². The van der Waals surface area contributed by atoms with Gasteiger partial charge in [0.1, 0.15) is 0 Å². The first-order chi connectivity index (χ1) is 9.56. The predicted molar refractivity (Wildman–Crippen MR) is 77.7 cm³/mol. The molecule has 0 aromatic carbocycles. The van der Waals surface area contributed by atoms with Gasteiger partial charge in [-0.15, -0.1) is 0 Å². The van der Waals surface area contributed by atoms with Crippen LogP contribution in [0.1, 0.15) is 33.1 Å². The van der Waals surface area contributed by atoms with E-state index in [1.165, 1.54) is 0 Å².